The number of hydrogen-bond donors (Lipinski definition) is 0. The zero-order valence-corrected chi connectivity index (χ0v) is 12.8. The molecule has 2 aromatic rings. The van der Waals surface area contributed by atoms with Gasteiger partial charge in [0.15, 0.2) is 0 Å². The van der Waals surface area contributed by atoms with Crippen LogP contribution >= 0.6 is 11.3 Å². The summed E-state index contributed by atoms with van der Waals surface area (Å²) in [6, 6.07) is 5.62. The molecule has 0 saturated heterocycles. The molecule has 0 spiro atoms. The standard InChI is InChI=1S/C15H15N3O2S/c1-15(2,3)20-14(19)8-12(18-7-6-17-10-18)13-5-4-11(9-16)21-13/h4-8,10H,1-3H3/b12-8-. The molecule has 6 heteroatoms. The zero-order chi connectivity index (χ0) is 15.5. The third-order valence-corrected chi connectivity index (χ3v) is 3.42. The molecule has 2 rings (SSSR count). The third-order valence-electron chi connectivity index (χ3n) is 2.41. The SMILES string of the molecule is CC(C)(C)OC(=O)/C=C(/c1ccc(C#N)s1)n1ccnc1. The summed E-state index contributed by atoms with van der Waals surface area (Å²) in [7, 11) is 0. The van der Waals surface area contributed by atoms with E-state index in [0.29, 0.717) is 10.6 Å². The Hall–Kier alpha value is -2.39. The van der Waals surface area contributed by atoms with Crippen LogP contribution in [0.25, 0.3) is 5.70 Å². The highest BCUT2D eigenvalue weighted by atomic mass is 32.1. The number of nitriles is 1. The van der Waals surface area contributed by atoms with Crippen LogP contribution in [0.4, 0.5) is 0 Å². The van der Waals surface area contributed by atoms with Crippen molar-refractivity contribution >= 4 is 23.0 Å². The van der Waals surface area contributed by atoms with E-state index in [1.807, 2.05) is 20.8 Å². The molecule has 0 bridgehead atoms. The van der Waals surface area contributed by atoms with E-state index in [1.54, 1.807) is 35.4 Å². The number of nitrogens with zero attached hydrogens (tertiary/aromatic N) is 3. The van der Waals surface area contributed by atoms with Gasteiger partial charge in [-0.2, -0.15) is 5.26 Å². The Kier molecular flexibility index (Phi) is 4.24. The molecule has 2 aromatic heterocycles. The van der Waals surface area contributed by atoms with Crippen molar-refractivity contribution in [2.75, 3.05) is 0 Å². The first kappa shape index (κ1) is 15.0. The summed E-state index contributed by atoms with van der Waals surface area (Å²) >= 11 is 1.31. The molecule has 0 N–H and O–H groups in total. The van der Waals surface area contributed by atoms with Crippen LogP contribution in [0.3, 0.4) is 0 Å². The number of imidazole rings is 1. The van der Waals surface area contributed by atoms with Crippen LogP contribution in [0.1, 0.15) is 30.5 Å². The maximum atomic E-state index is 12.0. The second kappa shape index (κ2) is 5.94. The lowest BCUT2D eigenvalue weighted by Crippen LogP contribution is -2.23. The first-order valence-corrected chi connectivity index (χ1v) is 7.14. The largest absolute Gasteiger partial charge is 0.457 e. The van der Waals surface area contributed by atoms with Crippen molar-refractivity contribution in [1.82, 2.24) is 9.55 Å². The Balaban J connectivity index is 2.38. The van der Waals surface area contributed by atoms with Gasteiger partial charge in [0.2, 0.25) is 0 Å². The lowest BCUT2D eigenvalue weighted by Gasteiger charge is -2.18. The van der Waals surface area contributed by atoms with Crippen LogP contribution in [0, 0.1) is 11.3 Å². The van der Waals surface area contributed by atoms with E-state index < -0.39 is 11.6 Å². The van der Waals surface area contributed by atoms with Gasteiger partial charge in [-0.3, -0.25) is 0 Å². The summed E-state index contributed by atoms with van der Waals surface area (Å²) in [5.74, 6) is -0.432. The Morgan fingerprint density at radius 2 is 2.24 bits per heavy atom. The van der Waals surface area contributed by atoms with Crippen molar-refractivity contribution < 1.29 is 9.53 Å². The van der Waals surface area contributed by atoms with Crippen LogP contribution in [0.2, 0.25) is 0 Å². The topological polar surface area (TPSA) is 67.9 Å². The van der Waals surface area contributed by atoms with Gasteiger partial charge in [0.05, 0.1) is 16.9 Å². The number of carbonyl (C=O) groups excluding carboxylic acids is 1. The Morgan fingerprint density at radius 1 is 1.48 bits per heavy atom. The molecule has 0 radical (unpaired) electrons. The van der Waals surface area contributed by atoms with Crippen molar-refractivity contribution in [3.63, 3.8) is 0 Å². The number of ether oxygens (including phenoxy) is 1. The van der Waals surface area contributed by atoms with E-state index in [-0.39, 0.29) is 0 Å². The normalized spacial score (nSPS) is 12.0. The molecular weight excluding hydrogens is 286 g/mol. The summed E-state index contributed by atoms with van der Waals surface area (Å²) in [6.07, 6.45) is 6.38. The van der Waals surface area contributed by atoms with Crippen LogP contribution in [0.15, 0.2) is 36.9 Å². The van der Waals surface area contributed by atoms with E-state index in [2.05, 4.69) is 11.1 Å². The fraction of sp³-hybridized carbons (Fsp3) is 0.267. The highest BCUT2D eigenvalue weighted by molar-refractivity contribution is 7.13. The lowest BCUT2D eigenvalue weighted by molar-refractivity contribution is -0.148. The molecule has 5 nitrogen and oxygen atoms in total. The lowest BCUT2D eigenvalue weighted by atomic mass is 10.2. The summed E-state index contributed by atoms with van der Waals surface area (Å²) in [5, 5.41) is 8.93. The zero-order valence-electron chi connectivity index (χ0n) is 12.0. The quantitative estimate of drug-likeness (QED) is 0.645. The van der Waals surface area contributed by atoms with E-state index in [0.717, 1.165) is 4.88 Å². The molecule has 0 atom stereocenters. The molecule has 0 saturated carbocycles. The second-order valence-electron chi connectivity index (χ2n) is 5.31. The van der Waals surface area contributed by atoms with Crippen molar-refractivity contribution in [1.29, 1.82) is 5.26 Å². The molecule has 0 fully saturated rings. The molecule has 0 amide bonds. The van der Waals surface area contributed by atoms with E-state index in [4.69, 9.17) is 10.00 Å². The minimum Gasteiger partial charge on any atom is -0.457 e. The van der Waals surface area contributed by atoms with Gasteiger partial charge in [-0.25, -0.2) is 9.78 Å². The average Bonchev–Trinajstić information content (AvgIpc) is 3.05. The molecule has 0 aliphatic heterocycles. The maximum Gasteiger partial charge on any atom is 0.333 e. The van der Waals surface area contributed by atoms with Crippen molar-refractivity contribution in [3.8, 4) is 6.07 Å². The van der Waals surface area contributed by atoms with E-state index >= 15 is 0 Å². The van der Waals surface area contributed by atoms with Gasteiger partial charge in [-0.1, -0.05) is 0 Å². The number of carbonyl (C=O) groups is 1. The van der Waals surface area contributed by atoms with Gasteiger partial charge in [-0.15, -0.1) is 11.3 Å². The molecule has 0 unspecified atom stereocenters. The van der Waals surface area contributed by atoms with Gasteiger partial charge in [0, 0.05) is 18.5 Å². The fourth-order valence-corrected chi connectivity index (χ4v) is 2.48. The molecule has 0 aliphatic carbocycles. The highest BCUT2D eigenvalue weighted by Gasteiger charge is 2.17. The molecule has 21 heavy (non-hydrogen) atoms. The first-order chi connectivity index (χ1) is 9.89. The van der Waals surface area contributed by atoms with Gasteiger partial charge in [-0.05, 0) is 32.9 Å². The molecule has 108 valence electrons. The monoisotopic (exact) mass is 301 g/mol. The van der Waals surface area contributed by atoms with Crippen LogP contribution in [-0.4, -0.2) is 21.1 Å². The van der Waals surface area contributed by atoms with Crippen molar-refractivity contribution in [3.05, 3.63) is 46.7 Å². The van der Waals surface area contributed by atoms with Crippen LogP contribution in [0.5, 0.6) is 0 Å². The van der Waals surface area contributed by atoms with E-state index in [1.165, 1.54) is 17.4 Å². The summed E-state index contributed by atoms with van der Waals surface area (Å²) < 4.78 is 7.03. The van der Waals surface area contributed by atoms with Gasteiger partial charge < -0.3 is 9.30 Å². The molecular formula is C15H15N3O2S. The number of rotatable bonds is 3. The minimum absolute atomic E-state index is 0.432. The van der Waals surface area contributed by atoms with Gasteiger partial charge >= 0.3 is 5.97 Å². The van der Waals surface area contributed by atoms with Crippen LogP contribution < -0.4 is 0 Å². The number of aromatic nitrogens is 2. The number of thiophene rings is 1. The van der Waals surface area contributed by atoms with Crippen LogP contribution in [-0.2, 0) is 9.53 Å². The summed E-state index contributed by atoms with van der Waals surface area (Å²) in [5.41, 5.74) is 0.0780. The Morgan fingerprint density at radius 3 is 2.76 bits per heavy atom. The Labute approximate surface area is 127 Å². The first-order valence-electron chi connectivity index (χ1n) is 6.32. The second-order valence-corrected chi connectivity index (χ2v) is 6.39. The predicted molar refractivity (Wildman–Crippen MR) is 80.5 cm³/mol. The number of esters is 1. The van der Waals surface area contributed by atoms with E-state index in [9.17, 15) is 4.79 Å². The molecule has 0 aliphatic rings. The predicted octanol–water partition coefficient (Wildman–Crippen LogP) is 3.05. The number of hydrogen-bond acceptors (Lipinski definition) is 5. The highest BCUT2D eigenvalue weighted by Crippen LogP contribution is 2.25. The van der Waals surface area contributed by atoms with Gasteiger partial charge in [0.1, 0.15) is 16.5 Å². The van der Waals surface area contributed by atoms with Crippen molar-refractivity contribution in [2.45, 2.75) is 26.4 Å². The maximum absolute atomic E-state index is 12.0. The van der Waals surface area contributed by atoms with Gasteiger partial charge in [0.25, 0.3) is 0 Å². The smallest absolute Gasteiger partial charge is 0.333 e. The Bertz CT molecular complexity index is 700. The summed E-state index contributed by atoms with van der Waals surface area (Å²) in [6.45, 7) is 5.44. The third kappa shape index (κ3) is 4.04. The average molecular weight is 301 g/mol. The molecule has 0 aromatic carbocycles. The minimum atomic E-state index is -0.555. The fourth-order valence-electron chi connectivity index (χ4n) is 1.65. The summed E-state index contributed by atoms with van der Waals surface area (Å²) in [4.78, 5) is 17.4. The van der Waals surface area contributed by atoms with Crippen molar-refractivity contribution in [2.24, 2.45) is 0 Å². The molecule has 2 heterocycles.